The molecule has 1 aromatic rings. The second kappa shape index (κ2) is 8.75. The molecule has 0 bridgehead atoms. The standard InChI is InChI=1S/C17H21ClN2O6/c1-24-13-8-11(7-12(18)15(13)25-2)17(23)26-9-14(21)20-5-3-10(4-6-20)16(19)22/h7-8,10H,3-6,9H2,1-2H3,(H2,19,22). The average Bonchev–Trinajstić information content (AvgIpc) is 2.64. The fourth-order valence-electron chi connectivity index (χ4n) is 2.75. The number of hydrogen-bond donors (Lipinski definition) is 1. The molecule has 26 heavy (non-hydrogen) atoms. The second-order valence-electron chi connectivity index (χ2n) is 5.83. The molecule has 1 aromatic carbocycles. The Labute approximate surface area is 156 Å². The van der Waals surface area contributed by atoms with E-state index in [1.54, 1.807) is 4.90 Å². The van der Waals surface area contributed by atoms with Crippen LogP contribution in [0.4, 0.5) is 0 Å². The first-order valence-corrected chi connectivity index (χ1v) is 8.41. The summed E-state index contributed by atoms with van der Waals surface area (Å²) >= 11 is 6.06. The number of nitrogens with two attached hydrogens (primary N) is 1. The number of carbonyl (C=O) groups is 3. The van der Waals surface area contributed by atoms with Crippen molar-refractivity contribution in [2.45, 2.75) is 12.8 Å². The maximum Gasteiger partial charge on any atom is 0.338 e. The number of nitrogens with zero attached hydrogens (tertiary/aromatic N) is 1. The first kappa shape index (κ1) is 19.8. The van der Waals surface area contributed by atoms with Gasteiger partial charge in [0, 0.05) is 19.0 Å². The molecular formula is C17H21ClN2O6. The largest absolute Gasteiger partial charge is 0.493 e. The van der Waals surface area contributed by atoms with E-state index in [0.717, 1.165) is 0 Å². The number of carbonyl (C=O) groups excluding carboxylic acids is 3. The van der Waals surface area contributed by atoms with E-state index in [0.29, 0.717) is 31.7 Å². The summed E-state index contributed by atoms with van der Waals surface area (Å²) in [7, 11) is 2.85. The van der Waals surface area contributed by atoms with Gasteiger partial charge >= 0.3 is 5.97 Å². The summed E-state index contributed by atoms with van der Waals surface area (Å²) in [6.07, 6.45) is 1.03. The van der Waals surface area contributed by atoms with E-state index in [2.05, 4.69) is 0 Å². The van der Waals surface area contributed by atoms with Crippen molar-refractivity contribution in [3.05, 3.63) is 22.7 Å². The van der Waals surface area contributed by atoms with Crippen molar-refractivity contribution >= 4 is 29.4 Å². The minimum absolute atomic E-state index is 0.146. The third-order valence-electron chi connectivity index (χ3n) is 4.25. The third-order valence-corrected chi connectivity index (χ3v) is 4.53. The zero-order valence-corrected chi connectivity index (χ0v) is 15.4. The lowest BCUT2D eigenvalue weighted by molar-refractivity contribution is -0.137. The van der Waals surface area contributed by atoms with Crippen LogP contribution in [-0.2, 0) is 14.3 Å². The molecule has 0 unspecified atom stereocenters. The predicted octanol–water partition coefficient (Wildman–Crippen LogP) is 1.24. The Morgan fingerprint density at radius 2 is 1.85 bits per heavy atom. The molecule has 0 aliphatic carbocycles. The van der Waals surface area contributed by atoms with Crippen LogP contribution in [0, 0.1) is 5.92 Å². The van der Waals surface area contributed by atoms with E-state index in [1.165, 1.54) is 26.4 Å². The zero-order valence-electron chi connectivity index (χ0n) is 14.6. The number of likely N-dealkylation sites (tertiary alicyclic amines) is 1. The van der Waals surface area contributed by atoms with Crippen molar-refractivity contribution < 1.29 is 28.6 Å². The van der Waals surface area contributed by atoms with Crippen molar-refractivity contribution in [3.8, 4) is 11.5 Å². The lowest BCUT2D eigenvalue weighted by atomic mass is 9.96. The Balaban J connectivity index is 1.93. The topological polar surface area (TPSA) is 108 Å². The number of rotatable bonds is 6. The average molecular weight is 385 g/mol. The van der Waals surface area contributed by atoms with E-state index in [-0.39, 0.29) is 34.1 Å². The SMILES string of the molecule is COc1cc(C(=O)OCC(=O)N2CCC(C(N)=O)CC2)cc(Cl)c1OC. The highest BCUT2D eigenvalue weighted by atomic mass is 35.5. The van der Waals surface area contributed by atoms with Gasteiger partial charge in [-0.3, -0.25) is 9.59 Å². The summed E-state index contributed by atoms with van der Waals surface area (Å²) in [6.45, 7) is 0.421. The fourth-order valence-corrected chi connectivity index (χ4v) is 3.04. The van der Waals surface area contributed by atoms with Gasteiger partial charge in [0.1, 0.15) is 0 Å². The predicted molar refractivity (Wildman–Crippen MR) is 93.3 cm³/mol. The molecule has 0 spiro atoms. The molecular weight excluding hydrogens is 364 g/mol. The van der Waals surface area contributed by atoms with Crippen LogP contribution in [0.1, 0.15) is 23.2 Å². The molecule has 0 atom stereocenters. The van der Waals surface area contributed by atoms with Gasteiger partial charge in [0.25, 0.3) is 5.91 Å². The molecule has 2 N–H and O–H groups in total. The maximum absolute atomic E-state index is 12.2. The van der Waals surface area contributed by atoms with Gasteiger partial charge in [-0.05, 0) is 25.0 Å². The van der Waals surface area contributed by atoms with Gasteiger partial charge in [-0.2, -0.15) is 0 Å². The number of amides is 2. The normalized spacial score (nSPS) is 14.7. The van der Waals surface area contributed by atoms with E-state index >= 15 is 0 Å². The Bertz CT molecular complexity index is 701. The summed E-state index contributed by atoms with van der Waals surface area (Å²) in [5.41, 5.74) is 5.41. The highest BCUT2D eigenvalue weighted by Crippen LogP contribution is 2.36. The summed E-state index contributed by atoms with van der Waals surface area (Å²) in [5.74, 6) is -1.00. The molecule has 0 aromatic heterocycles. The molecule has 2 rings (SSSR count). The molecule has 1 heterocycles. The van der Waals surface area contributed by atoms with Crippen LogP contribution in [0.25, 0.3) is 0 Å². The van der Waals surface area contributed by atoms with Crippen LogP contribution < -0.4 is 15.2 Å². The Morgan fingerprint density at radius 3 is 2.38 bits per heavy atom. The van der Waals surface area contributed by atoms with Gasteiger partial charge in [0.15, 0.2) is 18.1 Å². The molecule has 2 amide bonds. The molecule has 1 saturated heterocycles. The zero-order chi connectivity index (χ0) is 19.3. The summed E-state index contributed by atoms with van der Waals surface area (Å²) in [6, 6.07) is 2.81. The first-order chi connectivity index (χ1) is 12.4. The van der Waals surface area contributed by atoms with E-state index < -0.39 is 12.6 Å². The number of primary amides is 1. The smallest absolute Gasteiger partial charge is 0.338 e. The number of hydrogen-bond acceptors (Lipinski definition) is 6. The first-order valence-electron chi connectivity index (χ1n) is 8.03. The van der Waals surface area contributed by atoms with Gasteiger partial charge in [-0.15, -0.1) is 0 Å². The summed E-state index contributed by atoms with van der Waals surface area (Å²) < 4.78 is 15.3. The summed E-state index contributed by atoms with van der Waals surface area (Å²) in [4.78, 5) is 37.0. The van der Waals surface area contributed by atoms with E-state index in [9.17, 15) is 14.4 Å². The highest BCUT2D eigenvalue weighted by molar-refractivity contribution is 6.32. The van der Waals surface area contributed by atoms with Crippen LogP contribution >= 0.6 is 11.6 Å². The number of ether oxygens (including phenoxy) is 3. The highest BCUT2D eigenvalue weighted by Gasteiger charge is 2.26. The van der Waals surface area contributed by atoms with Gasteiger partial charge in [-0.1, -0.05) is 11.6 Å². The van der Waals surface area contributed by atoms with Crippen LogP contribution in [-0.4, -0.2) is 56.6 Å². The van der Waals surface area contributed by atoms with Crippen molar-refractivity contribution in [3.63, 3.8) is 0 Å². The van der Waals surface area contributed by atoms with Crippen LogP contribution in [0.3, 0.4) is 0 Å². The molecule has 1 aliphatic heterocycles. The lowest BCUT2D eigenvalue weighted by Gasteiger charge is -2.30. The molecule has 0 radical (unpaired) electrons. The molecule has 1 fully saturated rings. The van der Waals surface area contributed by atoms with Crippen molar-refractivity contribution in [1.29, 1.82) is 0 Å². The number of benzene rings is 1. The number of halogens is 1. The monoisotopic (exact) mass is 384 g/mol. The van der Waals surface area contributed by atoms with Crippen LogP contribution in [0.2, 0.25) is 5.02 Å². The summed E-state index contributed by atoms with van der Waals surface area (Å²) in [5, 5.41) is 0.193. The van der Waals surface area contributed by atoms with Gasteiger partial charge < -0.3 is 24.8 Å². The molecule has 142 valence electrons. The minimum Gasteiger partial charge on any atom is -0.493 e. The number of methoxy groups -OCH3 is 2. The Morgan fingerprint density at radius 1 is 1.19 bits per heavy atom. The lowest BCUT2D eigenvalue weighted by Crippen LogP contribution is -2.43. The quantitative estimate of drug-likeness (QED) is 0.739. The number of esters is 1. The van der Waals surface area contributed by atoms with Crippen LogP contribution in [0.15, 0.2) is 12.1 Å². The van der Waals surface area contributed by atoms with Gasteiger partial charge in [0.2, 0.25) is 5.91 Å². The molecule has 1 aliphatic rings. The van der Waals surface area contributed by atoms with Crippen molar-refractivity contribution in [2.75, 3.05) is 33.9 Å². The van der Waals surface area contributed by atoms with Gasteiger partial charge in [-0.25, -0.2) is 4.79 Å². The molecule has 8 nitrogen and oxygen atoms in total. The minimum atomic E-state index is -0.701. The van der Waals surface area contributed by atoms with Gasteiger partial charge in [0.05, 0.1) is 24.8 Å². The molecule has 9 heteroatoms. The van der Waals surface area contributed by atoms with E-state index in [4.69, 9.17) is 31.5 Å². The Kier molecular flexibility index (Phi) is 6.68. The Hall–Kier alpha value is -2.48. The fraction of sp³-hybridized carbons (Fsp3) is 0.471. The third kappa shape index (κ3) is 4.57. The molecule has 0 saturated carbocycles. The second-order valence-corrected chi connectivity index (χ2v) is 6.23. The number of piperidine rings is 1. The van der Waals surface area contributed by atoms with E-state index in [1.807, 2.05) is 0 Å². The van der Waals surface area contributed by atoms with Crippen molar-refractivity contribution in [2.24, 2.45) is 11.7 Å². The van der Waals surface area contributed by atoms with Crippen molar-refractivity contribution in [1.82, 2.24) is 4.90 Å². The van der Waals surface area contributed by atoms with Crippen LogP contribution in [0.5, 0.6) is 11.5 Å². The maximum atomic E-state index is 12.2.